The van der Waals surface area contributed by atoms with E-state index in [1.165, 1.54) is 0 Å². The molecule has 0 heterocycles. The number of allylic oxidation sites excluding steroid dienone is 1. The second-order valence-electron chi connectivity index (χ2n) is 3.33. The van der Waals surface area contributed by atoms with Gasteiger partial charge < -0.3 is 14.5 Å². The van der Waals surface area contributed by atoms with E-state index in [-0.39, 0.29) is 12.8 Å². The normalized spacial score (nSPS) is 13.3. The lowest BCUT2D eigenvalue weighted by Crippen LogP contribution is -2.11. The average molecular weight is 250 g/mol. The smallest absolute Gasteiger partial charge is 0.333 e. The zero-order valence-corrected chi connectivity index (χ0v) is 10.8. The Kier molecular flexibility index (Phi) is 6.56. The van der Waals surface area contributed by atoms with Crippen LogP contribution in [0.5, 0.6) is 0 Å². The van der Waals surface area contributed by atoms with Crippen LogP contribution in [0, 0.1) is 0 Å². The zero-order chi connectivity index (χ0) is 12.8. The van der Waals surface area contributed by atoms with Gasteiger partial charge in [-0.15, -0.1) is 0 Å². The van der Waals surface area contributed by atoms with Gasteiger partial charge in [-0.1, -0.05) is 13.8 Å². The van der Waals surface area contributed by atoms with E-state index in [0.717, 1.165) is 0 Å². The predicted molar refractivity (Wildman–Crippen MR) is 61.2 cm³/mol. The quantitative estimate of drug-likeness (QED) is 0.427. The van der Waals surface area contributed by atoms with E-state index in [0.29, 0.717) is 24.0 Å². The maximum Gasteiger partial charge on any atom is 0.333 e. The summed E-state index contributed by atoms with van der Waals surface area (Å²) in [5.41, 5.74) is 0.863. The van der Waals surface area contributed by atoms with Gasteiger partial charge in [0.2, 0.25) is 0 Å². The summed E-state index contributed by atoms with van der Waals surface area (Å²) in [6, 6.07) is 0. The molecule has 0 saturated heterocycles. The first-order chi connectivity index (χ1) is 7.35. The van der Waals surface area contributed by atoms with Crippen LogP contribution in [0.4, 0.5) is 0 Å². The van der Waals surface area contributed by atoms with Crippen LogP contribution in [0.1, 0.15) is 33.6 Å². The van der Waals surface area contributed by atoms with E-state index in [9.17, 15) is 9.36 Å². The Labute approximate surface area is 95.7 Å². The molecule has 0 atom stereocenters. The topological polar surface area (TPSA) is 83.8 Å². The summed E-state index contributed by atoms with van der Waals surface area (Å²) in [7, 11) is -4.13. The highest BCUT2D eigenvalue weighted by molar-refractivity contribution is 7.52. The maximum atomic E-state index is 11.5. The first-order valence-corrected chi connectivity index (χ1v) is 7.08. The van der Waals surface area contributed by atoms with Crippen molar-refractivity contribution in [3.05, 3.63) is 11.1 Å². The molecular formula is C10H19O5P. The third-order valence-electron chi connectivity index (χ3n) is 2.13. The first-order valence-electron chi connectivity index (χ1n) is 5.28. The monoisotopic (exact) mass is 250 g/mol. The Hall–Kier alpha value is -0.640. The lowest BCUT2D eigenvalue weighted by atomic mass is 10.1. The van der Waals surface area contributed by atoms with E-state index >= 15 is 0 Å². The fourth-order valence-electron chi connectivity index (χ4n) is 1.43. The number of carbonyl (C=O) groups excluding carboxylic acids is 1. The minimum absolute atomic E-state index is 0.259. The summed E-state index contributed by atoms with van der Waals surface area (Å²) in [4.78, 5) is 29.3. The Morgan fingerprint density at radius 2 is 1.75 bits per heavy atom. The van der Waals surface area contributed by atoms with E-state index in [2.05, 4.69) is 0 Å². The fraction of sp³-hybridized carbons (Fsp3) is 0.700. The van der Waals surface area contributed by atoms with Gasteiger partial charge in [0.1, 0.15) is 0 Å². The number of ether oxygens (including phenoxy) is 1. The van der Waals surface area contributed by atoms with Gasteiger partial charge in [-0.3, -0.25) is 4.57 Å². The number of esters is 1. The lowest BCUT2D eigenvalue weighted by Gasteiger charge is -2.12. The van der Waals surface area contributed by atoms with Crippen molar-refractivity contribution in [1.82, 2.24) is 0 Å². The predicted octanol–water partition coefficient (Wildman–Crippen LogP) is 1.84. The third kappa shape index (κ3) is 5.45. The van der Waals surface area contributed by atoms with Crippen LogP contribution in [-0.2, 0) is 14.1 Å². The second kappa shape index (κ2) is 6.84. The molecule has 6 heteroatoms. The molecule has 0 aromatic heterocycles. The Bertz CT molecular complexity index is 315. The van der Waals surface area contributed by atoms with Gasteiger partial charge in [0.05, 0.1) is 12.8 Å². The Balaban J connectivity index is 5.05. The van der Waals surface area contributed by atoms with E-state index < -0.39 is 13.6 Å². The molecule has 0 bridgehead atoms. The number of rotatable bonds is 6. The highest BCUT2D eigenvalue weighted by atomic mass is 31.2. The fourth-order valence-corrected chi connectivity index (χ4v) is 2.34. The maximum absolute atomic E-state index is 11.5. The largest absolute Gasteiger partial charge is 0.463 e. The molecule has 16 heavy (non-hydrogen) atoms. The van der Waals surface area contributed by atoms with Crippen molar-refractivity contribution in [3.8, 4) is 0 Å². The van der Waals surface area contributed by atoms with Crippen molar-refractivity contribution in [1.29, 1.82) is 0 Å². The molecule has 94 valence electrons. The Morgan fingerprint density at radius 1 is 1.19 bits per heavy atom. The summed E-state index contributed by atoms with van der Waals surface area (Å²) in [6.45, 7) is 5.48. The molecule has 0 saturated carbocycles. The molecule has 0 aliphatic carbocycles. The molecule has 2 N–H and O–H groups in total. The van der Waals surface area contributed by atoms with Gasteiger partial charge in [-0.2, -0.15) is 0 Å². The molecule has 0 rings (SSSR count). The molecule has 0 radical (unpaired) electrons. The van der Waals surface area contributed by atoms with Gasteiger partial charge in [-0.05, 0) is 25.3 Å². The highest BCUT2D eigenvalue weighted by Gasteiger charge is 2.21. The molecule has 0 amide bonds. The van der Waals surface area contributed by atoms with Crippen molar-refractivity contribution >= 4 is 13.6 Å². The minimum Gasteiger partial charge on any atom is -0.463 e. The lowest BCUT2D eigenvalue weighted by molar-refractivity contribution is -0.138. The number of carbonyl (C=O) groups is 1. The SMILES string of the molecule is CCOC(=O)C(CC)=C(CC)CP(=O)(O)O. The van der Waals surface area contributed by atoms with Gasteiger partial charge in [0.25, 0.3) is 0 Å². The molecule has 0 aromatic carbocycles. The summed E-state index contributed by atoms with van der Waals surface area (Å²) in [5, 5.41) is 0. The van der Waals surface area contributed by atoms with Crippen molar-refractivity contribution in [3.63, 3.8) is 0 Å². The standard InChI is InChI=1S/C10H19O5P/c1-4-8(7-16(12,13)14)9(5-2)10(11)15-6-3/h4-7H2,1-3H3,(H2,12,13,14). The van der Waals surface area contributed by atoms with Crippen molar-refractivity contribution in [2.75, 3.05) is 12.8 Å². The van der Waals surface area contributed by atoms with E-state index in [4.69, 9.17) is 14.5 Å². The van der Waals surface area contributed by atoms with Crippen LogP contribution in [0.2, 0.25) is 0 Å². The van der Waals surface area contributed by atoms with Crippen molar-refractivity contribution < 1.29 is 23.9 Å². The van der Waals surface area contributed by atoms with Gasteiger partial charge >= 0.3 is 13.6 Å². The van der Waals surface area contributed by atoms with Crippen LogP contribution >= 0.6 is 7.60 Å². The first kappa shape index (κ1) is 15.4. The molecule has 0 unspecified atom stereocenters. The summed E-state index contributed by atoms with van der Waals surface area (Å²) >= 11 is 0. The van der Waals surface area contributed by atoms with Gasteiger partial charge in [-0.25, -0.2) is 4.79 Å². The Morgan fingerprint density at radius 3 is 2.06 bits per heavy atom. The highest BCUT2D eigenvalue weighted by Crippen LogP contribution is 2.38. The van der Waals surface area contributed by atoms with Gasteiger partial charge in [0.15, 0.2) is 0 Å². The van der Waals surface area contributed by atoms with Crippen LogP contribution in [0.15, 0.2) is 11.1 Å². The second-order valence-corrected chi connectivity index (χ2v) is 4.98. The molecule has 0 aromatic rings. The van der Waals surface area contributed by atoms with Crippen LogP contribution < -0.4 is 0 Å². The summed E-state index contributed by atoms with van der Waals surface area (Å²) in [6.07, 6.45) is 0.487. The van der Waals surface area contributed by atoms with Crippen LogP contribution in [0.25, 0.3) is 0 Å². The summed E-state index contributed by atoms with van der Waals surface area (Å²) in [5.74, 6) is -0.477. The van der Waals surface area contributed by atoms with Crippen molar-refractivity contribution in [2.24, 2.45) is 0 Å². The molecule has 0 fully saturated rings. The van der Waals surface area contributed by atoms with Crippen LogP contribution in [-0.4, -0.2) is 28.5 Å². The summed E-state index contributed by atoms with van der Waals surface area (Å²) < 4.78 is 15.8. The molecule has 0 spiro atoms. The molecular weight excluding hydrogens is 231 g/mol. The van der Waals surface area contributed by atoms with Crippen molar-refractivity contribution in [2.45, 2.75) is 33.6 Å². The van der Waals surface area contributed by atoms with Gasteiger partial charge in [0, 0.05) is 5.57 Å². The molecule has 0 aliphatic rings. The van der Waals surface area contributed by atoms with Crippen LogP contribution in [0.3, 0.4) is 0 Å². The van der Waals surface area contributed by atoms with E-state index in [1.807, 2.05) is 0 Å². The number of hydrogen-bond acceptors (Lipinski definition) is 3. The molecule has 5 nitrogen and oxygen atoms in total. The van der Waals surface area contributed by atoms with E-state index in [1.54, 1.807) is 20.8 Å². The number of hydrogen-bond donors (Lipinski definition) is 2. The third-order valence-corrected chi connectivity index (χ3v) is 2.92. The minimum atomic E-state index is -4.13. The molecule has 0 aliphatic heterocycles. The zero-order valence-electron chi connectivity index (χ0n) is 9.89. The average Bonchev–Trinajstić information content (AvgIpc) is 2.16.